The number of piperidine rings is 1. The second-order valence-corrected chi connectivity index (χ2v) is 6.05. The molecule has 0 amide bonds. The Labute approximate surface area is 130 Å². The molecular weight excluding hydrogens is 272 g/mol. The van der Waals surface area contributed by atoms with Gasteiger partial charge in [0.15, 0.2) is 0 Å². The predicted molar refractivity (Wildman–Crippen MR) is 88.5 cm³/mol. The Morgan fingerprint density at radius 2 is 2.00 bits per heavy atom. The first kappa shape index (κ1) is 13.5. The second kappa shape index (κ2) is 5.89. The lowest BCUT2D eigenvalue weighted by Crippen LogP contribution is -2.29. The van der Waals surface area contributed by atoms with E-state index in [1.807, 2.05) is 6.20 Å². The lowest BCUT2D eigenvalue weighted by atomic mass is 10.1. The summed E-state index contributed by atoms with van der Waals surface area (Å²) in [5.74, 6) is 0. The number of benzene rings is 1. The summed E-state index contributed by atoms with van der Waals surface area (Å²) in [6.45, 7) is 3.51. The van der Waals surface area contributed by atoms with Gasteiger partial charge in [-0.15, -0.1) is 0 Å². The van der Waals surface area contributed by atoms with Crippen LogP contribution in [0.5, 0.6) is 0 Å². The van der Waals surface area contributed by atoms with Gasteiger partial charge in [0.25, 0.3) is 0 Å². The zero-order valence-electron chi connectivity index (χ0n) is 12.6. The molecule has 0 bridgehead atoms. The first-order chi connectivity index (χ1) is 10.9. The Kier molecular flexibility index (Phi) is 3.60. The van der Waals surface area contributed by atoms with Crippen molar-refractivity contribution in [2.24, 2.45) is 0 Å². The van der Waals surface area contributed by atoms with E-state index in [1.165, 1.54) is 43.5 Å². The van der Waals surface area contributed by atoms with Crippen molar-refractivity contribution in [3.63, 3.8) is 0 Å². The van der Waals surface area contributed by atoms with Gasteiger partial charge in [-0.1, -0.05) is 24.6 Å². The molecule has 0 radical (unpaired) electrons. The molecule has 2 aromatic heterocycles. The number of fused-ring (bicyclic) bond motifs is 1. The minimum absolute atomic E-state index is 0.895. The molecule has 3 aromatic rings. The normalized spacial score (nSPS) is 16.2. The van der Waals surface area contributed by atoms with E-state index in [0.717, 1.165) is 23.3 Å². The fraction of sp³-hybridized carbons (Fsp3) is 0.333. The van der Waals surface area contributed by atoms with Crippen LogP contribution in [0.4, 0.5) is 0 Å². The van der Waals surface area contributed by atoms with Gasteiger partial charge in [0.2, 0.25) is 0 Å². The number of likely N-dealkylation sites (tertiary alicyclic amines) is 1. The van der Waals surface area contributed by atoms with Crippen LogP contribution in [0.25, 0.3) is 22.3 Å². The summed E-state index contributed by atoms with van der Waals surface area (Å²) < 4.78 is 0. The summed E-state index contributed by atoms with van der Waals surface area (Å²) in [6, 6.07) is 10.9. The van der Waals surface area contributed by atoms with Crippen LogP contribution in [0.2, 0.25) is 0 Å². The third-order valence-electron chi connectivity index (χ3n) is 4.39. The van der Waals surface area contributed by atoms with Gasteiger partial charge in [-0.3, -0.25) is 4.90 Å². The highest BCUT2D eigenvalue weighted by Gasteiger charge is 2.11. The van der Waals surface area contributed by atoms with Crippen LogP contribution in [0.1, 0.15) is 24.8 Å². The van der Waals surface area contributed by atoms with E-state index in [-0.39, 0.29) is 0 Å². The molecule has 0 unspecified atom stereocenters. The molecule has 4 rings (SSSR count). The number of nitrogens with one attached hydrogen (secondary N) is 1. The van der Waals surface area contributed by atoms with Crippen molar-refractivity contribution in [2.75, 3.05) is 13.1 Å². The number of nitrogens with zero attached hydrogens (tertiary/aromatic N) is 3. The van der Waals surface area contributed by atoms with Crippen molar-refractivity contribution in [1.29, 1.82) is 0 Å². The van der Waals surface area contributed by atoms with Gasteiger partial charge in [0, 0.05) is 23.8 Å². The summed E-state index contributed by atoms with van der Waals surface area (Å²) >= 11 is 0. The Morgan fingerprint density at radius 1 is 1.09 bits per heavy atom. The average Bonchev–Trinajstić information content (AvgIpc) is 3.00. The van der Waals surface area contributed by atoms with Gasteiger partial charge in [-0.2, -0.15) is 0 Å². The van der Waals surface area contributed by atoms with Crippen LogP contribution in [-0.2, 0) is 6.54 Å². The number of rotatable bonds is 3. The standard InChI is InChI=1S/C18H20N4/c1-2-7-22(8-3-1)12-14-5-4-6-15(9-14)17-10-16-11-19-13-20-18(16)21-17/h4-6,9-11,13H,1-3,7-8,12H2,(H,19,20,21). The van der Waals surface area contributed by atoms with Gasteiger partial charge in [-0.05, 0) is 49.2 Å². The van der Waals surface area contributed by atoms with E-state index in [4.69, 9.17) is 0 Å². The largest absolute Gasteiger partial charge is 0.339 e. The summed E-state index contributed by atoms with van der Waals surface area (Å²) in [6.07, 6.45) is 7.47. The van der Waals surface area contributed by atoms with Gasteiger partial charge in [0.1, 0.15) is 12.0 Å². The molecule has 1 aliphatic heterocycles. The summed E-state index contributed by atoms with van der Waals surface area (Å²) in [5, 5.41) is 1.05. The predicted octanol–water partition coefficient (Wildman–Crippen LogP) is 3.61. The van der Waals surface area contributed by atoms with Gasteiger partial charge < -0.3 is 4.98 Å². The fourth-order valence-electron chi connectivity index (χ4n) is 3.24. The minimum Gasteiger partial charge on any atom is -0.339 e. The maximum atomic E-state index is 4.27. The maximum absolute atomic E-state index is 4.27. The third kappa shape index (κ3) is 2.74. The molecule has 1 saturated heterocycles. The molecule has 1 N–H and O–H groups in total. The molecule has 0 saturated carbocycles. The van der Waals surface area contributed by atoms with Crippen molar-refractivity contribution in [2.45, 2.75) is 25.8 Å². The molecule has 1 aromatic carbocycles. The smallest absolute Gasteiger partial charge is 0.141 e. The van der Waals surface area contributed by atoms with Gasteiger partial charge in [0.05, 0.1) is 0 Å². The van der Waals surface area contributed by atoms with Gasteiger partial charge in [-0.25, -0.2) is 9.97 Å². The molecule has 0 spiro atoms. The summed E-state index contributed by atoms with van der Waals surface area (Å²) in [5.41, 5.74) is 4.60. The average molecular weight is 292 g/mol. The first-order valence-electron chi connectivity index (χ1n) is 7.99. The number of hydrogen-bond donors (Lipinski definition) is 1. The Hall–Kier alpha value is -2.20. The quantitative estimate of drug-likeness (QED) is 0.802. The van der Waals surface area contributed by atoms with Crippen LogP contribution in [0.3, 0.4) is 0 Å². The molecule has 0 atom stereocenters. The Balaban J connectivity index is 1.60. The van der Waals surface area contributed by atoms with E-state index >= 15 is 0 Å². The van der Waals surface area contributed by atoms with Crippen molar-refractivity contribution in [1.82, 2.24) is 19.9 Å². The van der Waals surface area contributed by atoms with Crippen molar-refractivity contribution in [3.8, 4) is 11.3 Å². The van der Waals surface area contributed by atoms with Crippen LogP contribution >= 0.6 is 0 Å². The SMILES string of the molecule is c1cc(CN2CCCCC2)cc(-c2cc3cncnc3[nH]2)c1. The summed E-state index contributed by atoms with van der Waals surface area (Å²) in [4.78, 5) is 14.3. The zero-order valence-corrected chi connectivity index (χ0v) is 12.6. The third-order valence-corrected chi connectivity index (χ3v) is 4.39. The highest BCUT2D eigenvalue weighted by Crippen LogP contribution is 2.24. The Bertz CT molecular complexity index is 738. The number of hydrogen-bond acceptors (Lipinski definition) is 3. The zero-order chi connectivity index (χ0) is 14.8. The molecule has 1 aliphatic rings. The topological polar surface area (TPSA) is 44.8 Å². The lowest BCUT2D eigenvalue weighted by molar-refractivity contribution is 0.221. The molecule has 22 heavy (non-hydrogen) atoms. The van der Waals surface area contributed by atoms with E-state index in [0.29, 0.717) is 0 Å². The Morgan fingerprint density at radius 3 is 2.86 bits per heavy atom. The van der Waals surface area contributed by atoms with Crippen molar-refractivity contribution in [3.05, 3.63) is 48.4 Å². The molecule has 4 nitrogen and oxygen atoms in total. The van der Waals surface area contributed by atoms with Crippen LogP contribution in [0, 0.1) is 0 Å². The number of aromatic nitrogens is 3. The van der Waals surface area contributed by atoms with Crippen molar-refractivity contribution >= 4 is 11.0 Å². The van der Waals surface area contributed by atoms with Crippen LogP contribution in [-0.4, -0.2) is 32.9 Å². The van der Waals surface area contributed by atoms with Gasteiger partial charge >= 0.3 is 0 Å². The minimum atomic E-state index is 0.895. The molecular formula is C18H20N4. The van der Waals surface area contributed by atoms with Crippen LogP contribution in [0.15, 0.2) is 42.9 Å². The fourth-order valence-corrected chi connectivity index (χ4v) is 3.24. The van der Waals surface area contributed by atoms with Crippen molar-refractivity contribution < 1.29 is 0 Å². The van der Waals surface area contributed by atoms with E-state index < -0.39 is 0 Å². The second-order valence-electron chi connectivity index (χ2n) is 6.05. The van der Waals surface area contributed by atoms with E-state index in [2.05, 4.69) is 50.2 Å². The summed E-state index contributed by atoms with van der Waals surface area (Å²) in [7, 11) is 0. The maximum Gasteiger partial charge on any atom is 0.141 e. The molecule has 3 heterocycles. The van der Waals surface area contributed by atoms with E-state index in [9.17, 15) is 0 Å². The monoisotopic (exact) mass is 292 g/mol. The molecule has 4 heteroatoms. The first-order valence-corrected chi connectivity index (χ1v) is 7.99. The number of H-pyrrole nitrogens is 1. The van der Waals surface area contributed by atoms with E-state index in [1.54, 1.807) is 6.33 Å². The van der Waals surface area contributed by atoms with Crippen LogP contribution < -0.4 is 0 Å². The lowest BCUT2D eigenvalue weighted by Gasteiger charge is -2.26. The molecule has 112 valence electrons. The number of aromatic amines is 1. The molecule has 1 fully saturated rings. The highest BCUT2D eigenvalue weighted by atomic mass is 15.1. The highest BCUT2D eigenvalue weighted by molar-refractivity contribution is 5.82. The molecule has 0 aliphatic carbocycles.